The summed E-state index contributed by atoms with van der Waals surface area (Å²) in [6, 6.07) is 21.6. The third-order valence-corrected chi connectivity index (χ3v) is 7.62. The fourth-order valence-corrected chi connectivity index (χ4v) is 5.64. The molecule has 198 valence electrons. The zero-order chi connectivity index (χ0) is 26.9. The number of hydrogen-bond acceptors (Lipinski definition) is 5. The van der Waals surface area contributed by atoms with Crippen molar-refractivity contribution >= 4 is 34.4 Å². The number of benzene rings is 3. The van der Waals surface area contributed by atoms with Gasteiger partial charge in [-0.05, 0) is 66.8 Å². The molecule has 0 unspecified atom stereocenters. The van der Waals surface area contributed by atoms with Crippen LogP contribution in [0.15, 0.2) is 72.9 Å². The first-order chi connectivity index (χ1) is 18.9. The van der Waals surface area contributed by atoms with Gasteiger partial charge in [-0.15, -0.1) is 0 Å². The van der Waals surface area contributed by atoms with E-state index >= 15 is 0 Å². The summed E-state index contributed by atoms with van der Waals surface area (Å²) < 4.78 is 1.79. The standard InChI is InChI=1S/C30H30N6O3/c31-29(38)26-8-2-5-23-19-36(33-28(23)26)24-11-9-21(10-12-24)22-6-3-14-34(18-22)17-20-4-1-7-25(16-20)35-15-13-27(37)32-30(35)39/h1-2,4-5,7-12,16,19,22H,3,6,13-15,17-18H2,(H2,31,38)(H,32,37,39)/t22-/m1/s1. The molecule has 2 aliphatic heterocycles. The van der Waals surface area contributed by atoms with E-state index < -0.39 is 5.91 Å². The van der Waals surface area contributed by atoms with E-state index in [0.717, 1.165) is 54.8 Å². The van der Waals surface area contributed by atoms with Gasteiger partial charge in [0.05, 0.1) is 11.3 Å². The third kappa shape index (κ3) is 5.13. The molecule has 0 spiro atoms. The Labute approximate surface area is 226 Å². The Bertz CT molecular complexity index is 1560. The number of nitrogens with two attached hydrogens (primary N) is 1. The maximum Gasteiger partial charge on any atom is 0.328 e. The number of primary amides is 1. The second kappa shape index (κ2) is 10.3. The fourth-order valence-electron chi connectivity index (χ4n) is 5.64. The lowest BCUT2D eigenvalue weighted by Gasteiger charge is -2.33. The smallest absolute Gasteiger partial charge is 0.328 e. The van der Waals surface area contributed by atoms with Gasteiger partial charge in [-0.3, -0.25) is 24.7 Å². The molecule has 2 aliphatic rings. The molecular weight excluding hydrogens is 492 g/mol. The van der Waals surface area contributed by atoms with Crippen molar-refractivity contribution in [3.05, 3.63) is 89.6 Å². The Hall–Kier alpha value is -4.50. The monoisotopic (exact) mass is 522 g/mol. The first-order valence-electron chi connectivity index (χ1n) is 13.3. The van der Waals surface area contributed by atoms with Crippen LogP contribution in [0.1, 0.15) is 46.7 Å². The molecule has 3 aromatic carbocycles. The molecule has 4 amide bonds. The van der Waals surface area contributed by atoms with Crippen LogP contribution in [-0.4, -0.2) is 52.2 Å². The zero-order valence-electron chi connectivity index (χ0n) is 21.5. The summed E-state index contributed by atoms with van der Waals surface area (Å²) in [6.45, 7) is 3.19. The minimum absolute atomic E-state index is 0.227. The van der Waals surface area contributed by atoms with Crippen molar-refractivity contribution in [2.24, 2.45) is 5.73 Å². The summed E-state index contributed by atoms with van der Waals surface area (Å²) in [6.07, 6.45) is 4.47. The molecule has 1 aromatic heterocycles. The van der Waals surface area contributed by atoms with Crippen LogP contribution in [0, 0.1) is 0 Å². The minimum Gasteiger partial charge on any atom is -0.366 e. The Morgan fingerprint density at radius 2 is 1.82 bits per heavy atom. The molecule has 9 nitrogen and oxygen atoms in total. The van der Waals surface area contributed by atoms with Crippen LogP contribution in [0.5, 0.6) is 0 Å². The van der Waals surface area contributed by atoms with Gasteiger partial charge in [0.15, 0.2) is 0 Å². The second-order valence-electron chi connectivity index (χ2n) is 10.3. The van der Waals surface area contributed by atoms with Gasteiger partial charge in [0, 0.05) is 43.3 Å². The van der Waals surface area contributed by atoms with E-state index in [-0.39, 0.29) is 11.9 Å². The lowest BCUT2D eigenvalue weighted by atomic mass is 9.90. The van der Waals surface area contributed by atoms with Crippen molar-refractivity contribution in [1.29, 1.82) is 0 Å². The van der Waals surface area contributed by atoms with Crippen molar-refractivity contribution in [2.45, 2.75) is 31.7 Å². The highest BCUT2D eigenvalue weighted by molar-refractivity contribution is 6.06. The number of aromatic nitrogens is 2. The van der Waals surface area contributed by atoms with Gasteiger partial charge in [-0.25, -0.2) is 9.48 Å². The highest BCUT2D eigenvalue weighted by Crippen LogP contribution is 2.29. The lowest BCUT2D eigenvalue weighted by Crippen LogP contribution is -2.49. The van der Waals surface area contributed by atoms with Gasteiger partial charge in [0.25, 0.3) is 5.91 Å². The summed E-state index contributed by atoms with van der Waals surface area (Å²) in [4.78, 5) is 39.6. The van der Waals surface area contributed by atoms with Crippen LogP contribution in [-0.2, 0) is 11.3 Å². The Morgan fingerprint density at radius 3 is 2.62 bits per heavy atom. The summed E-state index contributed by atoms with van der Waals surface area (Å²) in [5.41, 5.74) is 10.7. The van der Waals surface area contributed by atoms with Crippen LogP contribution < -0.4 is 16.0 Å². The number of imide groups is 1. The molecule has 0 bridgehead atoms. The molecule has 3 N–H and O–H groups in total. The van der Waals surface area contributed by atoms with Crippen molar-refractivity contribution in [3.63, 3.8) is 0 Å². The van der Waals surface area contributed by atoms with E-state index in [1.165, 1.54) is 5.56 Å². The van der Waals surface area contributed by atoms with Crippen LogP contribution in [0.2, 0.25) is 0 Å². The fraction of sp³-hybridized carbons (Fsp3) is 0.267. The average Bonchev–Trinajstić information content (AvgIpc) is 3.38. The first kappa shape index (κ1) is 24.8. The summed E-state index contributed by atoms with van der Waals surface area (Å²) in [7, 11) is 0. The molecule has 39 heavy (non-hydrogen) atoms. The largest absolute Gasteiger partial charge is 0.366 e. The Kier molecular flexibility index (Phi) is 6.58. The van der Waals surface area contributed by atoms with Gasteiger partial charge < -0.3 is 5.73 Å². The van der Waals surface area contributed by atoms with Crippen molar-refractivity contribution in [3.8, 4) is 5.69 Å². The number of urea groups is 1. The number of amides is 4. The number of nitrogens with zero attached hydrogens (tertiary/aromatic N) is 4. The quantitative estimate of drug-likeness (QED) is 0.398. The minimum atomic E-state index is -0.483. The third-order valence-electron chi connectivity index (χ3n) is 7.62. The van der Waals surface area contributed by atoms with E-state index in [1.807, 2.05) is 36.5 Å². The zero-order valence-corrected chi connectivity index (χ0v) is 21.5. The van der Waals surface area contributed by atoms with Crippen LogP contribution in [0.4, 0.5) is 10.5 Å². The second-order valence-corrected chi connectivity index (χ2v) is 10.3. The maximum atomic E-state index is 12.3. The number of rotatable bonds is 6. The number of fused-ring (bicyclic) bond motifs is 1. The summed E-state index contributed by atoms with van der Waals surface area (Å²) in [5, 5.41) is 7.88. The molecule has 0 aliphatic carbocycles. The van der Waals surface area contributed by atoms with Gasteiger partial charge in [-0.2, -0.15) is 5.10 Å². The Balaban J connectivity index is 1.14. The van der Waals surface area contributed by atoms with E-state index in [0.29, 0.717) is 30.0 Å². The highest BCUT2D eigenvalue weighted by atomic mass is 16.2. The molecular formula is C30H30N6O3. The number of carbonyl (C=O) groups excluding carboxylic acids is 3. The molecule has 2 fully saturated rings. The first-order valence-corrected chi connectivity index (χ1v) is 13.3. The molecule has 4 aromatic rings. The molecule has 0 saturated carbocycles. The van der Waals surface area contributed by atoms with Gasteiger partial charge in [-0.1, -0.05) is 36.4 Å². The Morgan fingerprint density at radius 1 is 1.00 bits per heavy atom. The number of carbonyl (C=O) groups is 3. The van der Waals surface area contributed by atoms with Crippen LogP contribution in [0.3, 0.4) is 0 Å². The molecule has 2 saturated heterocycles. The van der Waals surface area contributed by atoms with E-state index in [9.17, 15) is 14.4 Å². The van der Waals surface area contributed by atoms with Gasteiger partial charge >= 0.3 is 6.03 Å². The van der Waals surface area contributed by atoms with Crippen LogP contribution in [0.25, 0.3) is 16.6 Å². The number of piperidine rings is 1. The molecule has 9 heteroatoms. The van der Waals surface area contributed by atoms with Crippen molar-refractivity contribution in [2.75, 3.05) is 24.5 Å². The molecule has 1 atom stereocenters. The lowest BCUT2D eigenvalue weighted by molar-refractivity contribution is -0.120. The van der Waals surface area contributed by atoms with Gasteiger partial charge in [0.1, 0.15) is 5.52 Å². The predicted octanol–water partition coefficient (Wildman–Crippen LogP) is 3.95. The van der Waals surface area contributed by atoms with E-state index in [2.05, 4.69) is 45.6 Å². The average molecular weight is 523 g/mol. The number of hydrogen-bond donors (Lipinski definition) is 2. The highest BCUT2D eigenvalue weighted by Gasteiger charge is 2.25. The SMILES string of the molecule is NC(=O)c1cccc2cn(-c3ccc([C@@H]4CCCN(Cc5cccc(N6CCC(=O)NC6=O)c5)C4)cc3)nc12. The van der Waals surface area contributed by atoms with Crippen molar-refractivity contribution in [1.82, 2.24) is 20.0 Å². The van der Waals surface area contributed by atoms with E-state index in [1.54, 1.807) is 15.6 Å². The van der Waals surface area contributed by atoms with E-state index in [4.69, 9.17) is 5.73 Å². The number of likely N-dealkylation sites (tertiary alicyclic amines) is 1. The topological polar surface area (TPSA) is 114 Å². The number of anilines is 1. The normalized spacial score (nSPS) is 18.4. The number of nitrogens with one attached hydrogen (secondary N) is 1. The summed E-state index contributed by atoms with van der Waals surface area (Å²) >= 11 is 0. The maximum absolute atomic E-state index is 12.3. The predicted molar refractivity (Wildman–Crippen MR) is 149 cm³/mol. The summed E-state index contributed by atoms with van der Waals surface area (Å²) in [5.74, 6) is -0.286. The van der Waals surface area contributed by atoms with Gasteiger partial charge in [0.2, 0.25) is 5.91 Å². The molecule has 3 heterocycles. The molecule has 6 rings (SSSR count). The van der Waals surface area contributed by atoms with Crippen molar-refractivity contribution < 1.29 is 14.4 Å². The molecule has 0 radical (unpaired) electrons. The van der Waals surface area contributed by atoms with Crippen LogP contribution >= 0.6 is 0 Å².